The van der Waals surface area contributed by atoms with Crippen LogP contribution in [-0.4, -0.2) is 18.3 Å². The number of hydrogen-bond donors (Lipinski definition) is 0. The van der Waals surface area contributed by atoms with E-state index in [0.717, 1.165) is 0 Å². The summed E-state index contributed by atoms with van der Waals surface area (Å²) in [5.41, 5.74) is 2.85. The van der Waals surface area contributed by atoms with Crippen molar-refractivity contribution in [3.8, 4) is 0 Å². The summed E-state index contributed by atoms with van der Waals surface area (Å²) in [6.07, 6.45) is 16.0. The molecule has 1 heterocycles. The first-order valence-electron chi connectivity index (χ1n) is 5.87. The van der Waals surface area contributed by atoms with Crippen molar-refractivity contribution in [3.63, 3.8) is 0 Å². The molecule has 1 aliphatic heterocycles. The van der Waals surface area contributed by atoms with Crippen LogP contribution in [0.4, 0.5) is 0 Å². The Kier molecular flexibility index (Phi) is 4.67. The largest absolute Gasteiger partial charge is 0.222 e. The predicted molar refractivity (Wildman–Crippen MR) is 79.3 cm³/mol. The van der Waals surface area contributed by atoms with E-state index in [-0.39, 0.29) is 0 Å². The Labute approximate surface area is 102 Å². The fourth-order valence-electron chi connectivity index (χ4n) is 1.83. The highest BCUT2D eigenvalue weighted by Crippen LogP contribution is 2.47. The highest BCUT2D eigenvalue weighted by atomic mass is 32.3. The highest BCUT2D eigenvalue weighted by molar-refractivity contribution is 8.35. The lowest BCUT2D eigenvalue weighted by Gasteiger charge is -2.31. The zero-order valence-electron chi connectivity index (χ0n) is 11.2. The van der Waals surface area contributed by atoms with Gasteiger partial charge in [0.05, 0.1) is 0 Å². The summed E-state index contributed by atoms with van der Waals surface area (Å²) in [7, 11) is -0.584. The first kappa shape index (κ1) is 13.4. The minimum absolute atomic E-state index is 0.584. The smallest absolute Gasteiger partial charge is 0.00535 e. The summed E-state index contributed by atoms with van der Waals surface area (Å²) in [4.78, 5) is 0. The van der Waals surface area contributed by atoms with Crippen LogP contribution < -0.4 is 0 Å². The van der Waals surface area contributed by atoms with Crippen molar-refractivity contribution in [2.75, 3.05) is 18.3 Å². The lowest BCUT2D eigenvalue weighted by Crippen LogP contribution is -2.05. The summed E-state index contributed by atoms with van der Waals surface area (Å²) in [6, 6.07) is 0. The molecule has 0 N–H and O–H groups in total. The van der Waals surface area contributed by atoms with E-state index in [2.05, 4.69) is 69.1 Å². The molecule has 0 aromatic heterocycles. The third kappa shape index (κ3) is 4.44. The first-order chi connectivity index (χ1) is 7.43. The third-order valence-electron chi connectivity index (χ3n) is 2.40. The molecule has 0 spiro atoms. The van der Waals surface area contributed by atoms with Gasteiger partial charge in [-0.3, -0.25) is 0 Å². The number of allylic oxidation sites excluding steroid dienone is 6. The molecule has 0 saturated carbocycles. The van der Waals surface area contributed by atoms with Gasteiger partial charge in [-0.2, -0.15) is 0 Å². The van der Waals surface area contributed by atoms with E-state index in [1.54, 1.807) is 0 Å². The van der Waals surface area contributed by atoms with Gasteiger partial charge < -0.3 is 0 Å². The van der Waals surface area contributed by atoms with Gasteiger partial charge in [0, 0.05) is 5.75 Å². The Balaban J connectivity index is 2.93. The average Bonchev–Trinajstić information content (AvgIpc) is 2.12. The van der Waals surface area contributed by atoms with E-state index in [9.17, 15) is 0 Å². The van der Waals surface area contributed by atoms with Crippen molar-refractivity contribution in [1.82, 2.24) is 0 Å². The molecule has 1 aliphatic rings. The van der Waals surface area contributed by atoms with Gasteiger partial charge >= 0.3 is 0 Å². The van der Waals surface area contributed by atoms with Gasteiger partial charge in [0.2, 0.25) is 0 Å². The van der Waals surface area contributed by atoms with E-state index in [1.807, 2.05) is 0 Å². The lowest BCUT2D eigenvalue weighted by atomic mass is 10.1. The Morgan fingerprint density at radius 3 is 2.50 bits per heavy atom. The van der Waals surface area contributed by atoms with Crippen LogP contribution in [0.5, 0.6) is 0 Å². The van der Waals surface area contributed by atoms with Crippen molar-refractivity contribution >= 4 is 10.0 Å². The SMILES string of the molecule is C/C=C/C1=CC(/C=C/C(C)C)=CS(C)(C)C1. The summed E-state index contributed by atoms with van der Waals surface area (Å²) >= 11 is 0. The minimum Gasteiger partial charge on any atom is -0.222 e. The molecule has 1 rings (SSSR count). The molecule has 0 nitrogen and oxygen atoms in total. The maximum Gasteiger partial charge on any atom is 0.00535 e. The molecule has 0 saturated heterocycles. The summed E-state index contributed by atoms with van der Waals surface area (Å²) in [5, 5.41) is 2.46. The second-order valence-electron chi connectivity index (χ2n) is 5.21. The fourth-order valence-corrected chi connectivity index (χ4v) is 3.84. The third-order valence-corrected chi connectivity index (χ3v) is 4.39. The first-order valence-corrected chi connectivity index (χ1v) is 8.55. The van der Waals surface area contributed by atoms with E-state index in [0.29, 0.717) is 5.92 Å². The molecule has 0 aromatic carbocycles. The van der Waals surface area contributed by atoms with Crippen molar-refractivity contribution in [3.05, 3.63) is 46.9 Å². The van der Waals surface area contributed by atoms with Crippen LogP contribution >= 0.6 is 10.0 Å². The van der Waals surface area contributed by atoms with E-state index in [1.165, 1.54) is 16.9 Å². The monoisotopic (exact) mass is 236 g/mol. The number of hydrogen-bond acceptors (Lipinski definition) is 0. The summed E-state index contributed by atoms with van der Waals surface area (Å²) < 4.78 is 0. The standard InChI is InChI=1S/C15H24S/c1-6-7-14-10-15(9-8-13(2)3)12-16(4,5)11-14/h6-10,12-13H,11H2,1-5H3/b7-6+,9-8+. The fraction of sp³-hybridized carbons (Fsp3) is 0.467. The molecule has 0 unspecified atom stereocenters. The van der Waals surface area contributed by atoms with Crippen LogP contribution in [0.2, 0.25) is 0 Å². The van der Waals surface area contributed by atoms with Crippen molar-refractivity contribution in [1.29, 1.82) is 0 Å². The van der Waals surface area contributed by atoms with Crippen molar-refractivity contribution < 1.29 is 0 Å². The Bertz CT molecular complexity index is 352. The highest BCUT2D eigenvalue weighted by Gasteiger charge is 2.15. The molecule has 90 valence electrons. The topological polar surface area (TPSA) is 0 Å². The molecular weight excluding hydrogens is 212 g/mol. The van der Waals surface area contributed by atoms with Gasteiger partial charge in [0.15, 0.2) is 0 Å². The van der Waals surface area contributed by atoms with Crippen LogP contribution in [0.3, 0.4) is 0 Å². The Morgan fingerprint density at radius 1 is 1.25 bits per heavy atom. The molecule has 0 radical (unpaired) electrons. The lowest BCUT2D eigenvalue weighted by molar-refractivity contribution is 0.831. The summed E-state index contributed by atoms with van der Waals surface area (Å²) in [6.45, 7) is 6.52. The van der Waals surface area contributed by atoms with E-state index in [4.69, 9.17) is 0 Å². The van der Waals surface area contributed by atoms with Gasteiger partial charge in [-0.15, -0.1) is 0 Å². The second kappa shape index (κ2) is 5.58. The minimum atomic E-state index is -0.584. The maximum absolute atomic E-state index is 2.46. The predicted octanol–water partition coefficient (Wildman–Crippen LogP) is 4.66. The molecular formula is C15H24S. The van der Waals surface area contributed by atoms with Crippen LogP contribution in [0, 0.1) is 5.92 Å². The quantitative estimate of drug-likeness (QED) is 0.668. The molecule has 0 atom stereocenters. The molecule has 16 heavy (non-hydrogen) atoms. The normalized spacial score (nSPS) is 22.6. The van der Waals surface area contributed by atoms with Gasteiger partial charge in [-0.05, 0) is 41.9 Å². The Morgan fingerprint density at radius 2 is 1.94 bits per heavy atom. The molecule has 0 amide bonds. The number of rotatable bonds is 3. The average molecular weight is 236 g/mol. The molecule has 0 aromatic rings. The Hall–Kier alpha value is -0.690. The molecule has 0 bridgehead atoms. The van der Waals surface area contributed by atoms with Gasteiger partial charge in [0.1, 0.15) is 0 Å². The molecule has 0 aliphatic carbocycles. The summed E-state index contributed by atoms with van der Waals surface area (Å²) in [5.74, 6) is 1.84. The molecule has 1 heteroatoms. The zero-order chi connectivity index (χ0) is 12.2. The zero-order valence-corrected chi connectivity index (χ0v) is 12.0. The van der Waals surface area contributed by atoms with Gasteiger partial charge in [-0.25, -0.2) is 10.0 Å². The van der Waals surface area contributed by atoms with Crippen LogP contribution in [-0.2, 0) is 0 Å². The van der Waals surface area contributed by atoms with Gasteiger partial charge in [-0.1, -0.05) is 44.2 Å². The van der Waals surface area contributed by atoms with Crippen molar-refractivity contribution in [2.45, 2.75) is 20.8 Å². The van der Waals surface area contributed by atoms with Crippen LogP contribution in [0.15, 0.2) is 46.9 Å². The van der Waals surface area contributed by atoms with E-state index < -0.39 is 10.0 Å². The van der Waals surface area contributed by atoms with Crippen LogP contribution in [0.1, 0.15) is 20.8 Å². The van der Waals surface area contributed by atoms with E-state index >= 15 is 0 Å². The van der Waals surface area contributed by atoms with Gasteiger partial charge in [0.25, 0.3) is 0 Å². The van der Waals surface area contributed by atoms with Crippen LogP contribution in [0.25, 0.3) is 0 Å². The molecule has 0 fully saturated rings. The second-order valence-corrected chi connectivity index (χ2v) is 8.98. The maximum atomic E-state index is 2.46. The van der Waals surface area contributed by atoms with Crippen molar-refractivity contribution in [2.24, 2.45) is 5.92 Å².